The molecule has 1 aliphatic heterocycles. The molecule has 1 aliphatic rings. The van der Waals surface area contributed by atoms with Crippen molar-refractivity contribution in [2.75, 3.05) is 0 Å². The minimum absolute atomic E-state index is 0.0771. The zero-order valence-electron chi connectivity index (χ0n) is 10.8. The van der Waals surface area contributed by atoms with E-state index in [0.717, 1.165) is 0 Å². The Morgan fingerprint density at radius 3 is 2.50 bits per heavy atom. The largest absolute Gasteiger partial charge is 0.484 e. The van der Waals surface area contributed by atoms with Crippen molar-refractivity contribution in [3.05, 3.63) is 29.3 Å². The fourth-order valence-electron chi connectivity index (χ4n) is 2.01. The van der Waals surface area contributed by atoms with E-state index in [9.17, 15) is 23.4 Å². The van der Waals surface area contributed by atoms with Gasteiger partial charge in [-0.3, -0.25) is 0 Å². The fraction of sp³-hybridized carbons (Fsp3) is 0.538. The number of hydrogen-bond donors (Lipinski definition) is 2. The number of ether oxygens (including phenoxy) is 1. The van der Waals surface area contributed by atoms with Gasteiger partial charge in [-0.05, 0) is 53.0 Å². The Balaban J connectivity index is 2.40. The lowest BCUT2D eigenvalue weighted by atomic mass is 9.89. The van der Waals surface area contributed by atoms with Gasteiger partial charge in [-0.15, -0.1) is 0 Å². The Morgan fingerprint density at radius 2 is 1.95 bits per heavy atom. The van der Waals surface area contributed by atoms with Gasteiger partial charge >= 0.3 is 6.18 Å². The topological polar surface area (TPSA) is 49.7 Å². The second kappa shape index (κ2) is 4.61. The van der Waals surface area contributed by atoms with Gasteiger partial charge in [-0.25, -0.2) is 0 Å². The van der Waals surface area contributed by atoms with Crippen LogP contribution in [0, 0.1) is 0 Å². The summed E-state index contributed by atoms with van der Waals surface area (Å²) in [6, 6.07) is 3.75. The Hall–Kier alpha value is -0.790. The first-order valence-corrected chi connectivity index (χ1v) is 6.71. The molecule has 0 bridgehead atoms. The first-order valence-electron chi connectivity index (χ1n) is 5.92. The molecule has 7 heteroatoms. The quantitative estimate of drug-likeness (QED) is 0.762. The number of rotatable bonds is 1. The summed E-state index contributed by atoms with van der Waals surface area (Å²) in [5.41, 5.74) is -0.795. The summed E-state index contributed by atoms with van der Waals surface area (Å²) in [5, 5.41) is 19.5. The number of aliphatic hydroxyl groups is 2. The van der Waals surface area contributed by atoms with Gasteiger partial charge in [0.05, 0.1) is 0 Å². The Kier molecular flexibility index (Phi) is 3.59. The van der Waals surface area contributed by atoms with Gasteiger partial charge in [0, 0.05) is 6.42 Å². The summed E-state index contributed by atoms with van der Waals surface area (Å²) in [5.74, 6) is 0.400. The molecule has 20 heavy (non-hydrogen) atoms. The van der Waals surface area contributed by atoms with Crippen LogP contribution in [0.4, 0.5) is 13.2 Å². The van der Waals surface area contributed by atoms with Crippen molar-refractivity contribution in [3.63, 3.8) is 0 Å². The maximum Gasteiger partial charge on any atom is 0.418 e. The molecule has 112 valence electrons. The second-order valence-corrected chi connectivity index (χ2v) is 6.67. The van der Waals surface area contributed by atoms with Crippen LogP contribution in [0.5, 0.6) is 5.75 Å². The highest BCUT2D eigenvalue weighted by atomic mass is 79.9. The highest BCUT2D eigenvalue weighted by molar-refractivity contribution is 9.10. The van der Waals surface area contributed by atoms with E-state index in [2.05, 4.69) is 15.9 Å². The number of alkyl halides is 4. The van der Waals surface area contributed by atoms with E-state index in [4.69, 9.17) is 4.74 Å². The molecule has 0 fully saturated rings. The lowest BCUT2D eigenvalue weighted by Gasteiger charge is -2.43. The molecule has 2 N–H and O–H groups in total. The Bertz CT molecular complexity index is 526. The average molecular weight is 355 g/mol. The molecule has 0 saturated carbocycles. The standard InChI is InChI=1S/C13H14BrF3O3/c1-11(2)12(14,19)6-8-5-7(3-4-9(8)20-11)10(18)13(15,16)17/h3-5,10,18-19H,6H2,1-2H3/t10?,12-/m1/s1. The van der Waals surface area contributed by atoms with E-state index in [1.54, 1.807) is 13.8 Å². The summed E-state index contributed by atoms with van der Waals surface area (Å²) in [7, 11) is 0. The molecule has 0 aliphatic carbocycles. The van der Waals surface area contributed by atoms with Crippen LogP contribution < -0.4 is 4.74 Å². The van der Waals surface area contributed by atoms with Crippen LogP contribution in [0.15, 0.2) is 18.2 Å². The van der Waals surface area contributed by atoms with Gasteiger partial charge in [0.25, 0.3) is 0 Å². The van der Waals surface area contributed by atoms with Crippen molar-refractivity contribution in [1.82, 2.24) is 0 Å². The summed E-state index contributed by atoms with van der Waals surface area (Å²) in [6.45, 7) is 3.34. The van der Waals surface area contributed by atoms with Gasteiger partial charge in [-0.1, -0.05) is 6.07 Å². The van der Waals surface area contributed by atoms with Crippen LogP contribution in [0.1, 0.15) is 31.1 Å². The van der Waals surface area contributed by atoms with Crippen LogP contribution in [-0.4, -0.2) is 26.5 Å². The number of aliphatic hydroxyl groups excluding tert-OH is 1. The SMILES string of the molecule is CC1(C)Oc2ccc(C(O)C(F)(F)F)cc2C[C@]1(O)Br. The van der Waals surface area contributed by atoms with Crippen molar-refractivity contribution in [2.45, 2.75) is 42.7 Å². The maximum atomic E-state index is 12.5. The van der Waals surface area contributed by atoms with E-state index in [0.29, 0.717) is 11.3 Å². The molecule has 2 atom stereocenters. The molecular formula is C13H14BrF3O3. The minimum atomic E-state index is -4.73. The zero-order valence-corrected chi connectivity index (χ0v) is 12.4. The molecule has 3 nitrogen and oxygen atoms in total. The van der Waals surface area contributed by atoms with Crippen molar-refractivity contribution in [2.24, 2.45) is 0 Å². The van der Waals surface area contributed by atoms with Crippen LogP contribution in [-0.2, 0) is 6.42 Å². The number of fused-ring (bicyclic) bond motifs is 1. The third-order valence-electron chi connectivity index (χ3n) is 3.42. The summed E-state index contributed by atoms with van der Waals surface area (Å²) < 4.78 is 41.7. The highest BCUT2D eigenvalue weighted by Crippen LogP contribution is 2.44. The monoisotopic (exact) mass is 354 g/mol. The molecule has 2 rings (SSSR count). The summed E-state index contributed by atoms with van der Waals surface area (Å²) in [4.78, 5) is 0. The van der Waals surface area contributed by atoms with Crippen molar-refractivity contribution < 1.29 is 28.1 Å². The lowest BCUT2D eigenvalue weighted by molar-refractivity contribution is -0.206. The van der Waals surface area contributed by atoms with Gasteiger partial charge < -0.3 is 14.9 Å². The van der Waals surface area contributed by atoms with Crippen molar-refractivity contribution >= 4 is 15.9 Å². The van der Waals surface area contributed by atoms with Gasteiger partial charge in [0.1, 0.15) is 11.4 Å². The van der Waals surface area contributed by atoms with Crippen LogP contribution in [0.25, 0.3) is 0 Å². The molecule has 0 amide bonds. The van der Waals surface area contributed by atoms with Gasteiger partial charge in [-0.2, -0.15) is 13.2 Å². The normalized spacial score (nSPS) is 26.6. The van der Waals surface area contributed by atoms with Gasteiger partial charge in [0.15, 0.2) is 10.6 Å². The number of hydrogen-bond acceptors (Lipinski definition) is 3. The molecule has 0 aromatic heterocycles. The van der Waals surface area contributed by atoms with Crippen molar-refractivity contribution in [1.29, 1.82) is 0 Å². The van der Waals surface area contributed by atoms with Crippen molar-refractivity contribution in [3.8, 4) is 5.75 Å². The van der Waals surface area contributed by atoms with E-state index in [1.807, 2.05) is 0 Å². The average Bonchev–Trinajstić information content (AvgIpc) is 2.27. The van der Waals surface area contributed by atoms with E-state index < -0.39 is 22.4 Å². The predicted octanol–water partition coefficient (Wildman–Crippen LogP) is 3.08. The zero-order chi connectivity index (χ0) is 15.3. The maximum absolute atomic E-state index is 12.5. The molecule has 0 saturated heterocycles. The smallest absolute Gasteiger partial charge is 0.418 e. The van der Waals surface area contributed by atoms with Crippen LogP contribution >= 0.6 is 15.9 Å². The Morgan fingerprint density at radius 1 is 1.35 bits per heavy atom. The van der Waals surface area contributed by atoms with E-state index in [-0.39, 0.29) is 12.0 Å². The lowest BCUT2D eigenvalue weighted by Crippen LogP contribution is -2.53. The molecule has 0 spiro atoms. The molecule has 0 radical (unpaired) electrons. The first kappa shape index (κ1) is 15.6. The number of benzene rings is 1. The molecular weight excluding hydrogens is 341 g/mol. The molecule has 1 unspecified atom stereocenters. The second-order valence-electron chi connectivity index (χ2n) is 5.36. The minimum Gasteiger partial charge on any atom is -0.484 e. The summed E-state index contributed by atoms with van der Waals surface area (Å²) in [6.07, 6.45) is -7.20. The first-order chi connectivity index (χ1) is 8.94. The van der Waals surface area contributed by atoms with Crippen LogP contribution in [0.2, 0.25) is 0 Å². The molecule has 1 aromatic rings. The third-order valence-corrected chi connectivity index (χ3v) is 4.66. The van der Waals surface area contributed by atoms with Gasteiger partial charge in [0.2, 0.25) is 0 Å². The van der Waals surface area contributed by atoms with E-state index in [1.165, 1.54) is 18.2 Å². The fourth-order valence-corrected chi connectivity index (χ4v) is 2.40. The number of halogens is 4. The predicted molar refractivity (Wildman–Crippen MR) is 69.7 cm³/mol. The van der Waals surface area contributed by atoms with Crippen LogP contribution in [0.3, 0.4) is 0 Å². The summed E-state index contributed by atoms with van der Waals surface area (Å²) >= 11 is 3.13. The van der Waals surface area contributed by atoms with E-state index >= 15 is 0 Å². The Labute approximate surface area is 122 Å². The highest BCUT2D eigenvalue weighted by Gasteiger charge is 2.48. The molecule has 1 heterocycles. The third kappa shape index (κ3) is 2.66. The molecule has 1 aromatic carbocycles.